The van der Waals surface area contributed by atoms with Crippen LogP contribution in [0, 0.1) is 12.8 Å². The van der Waals surface area contributed by atoms with Crippen molar-refractivity contribution in [2.75, 3.05) is 6.54 Å². The maximum absolute atomic E-state index is 13.3. The number of carbonyl (C=O) groups excluding carboxylic acids is 1. The summed E-state index contributed by atoms with van der Waals surface area (Å²) in [6, 6.07) is 1.99. The molecule has 2 fully saturated rings. The minimum Gasteiger partial charge on any atom is -0.345 e. The molecule has 2 heterocycles. The molecule has 0 radical (unpaired) electrons. The Morgan fingerprint density at radius 3 is 2.44 bits per heavy atom. The zero-order valence-corrected chi connectivity index (χ0v) is 17.1. The summed E-state index contributed by atoms with van der Waals surface area (Å²) in [7, 11) is 0. The molecule has 1 amide bonds. The van der Waals surface area contributed by atoms with Crippen LogP contribution < -0.4 is 11.1 Å². The normalized spacial score (nSPS) is 19.9. The Morgan fingerprint density at radius 2 is 1.93 bits per heavy atom. The van der Waals surface area contributed by atoms with Gasteiger partial charge >= 0.3 is 0 Å². The van der Waals surface area contributed by atoms with E-state index in [1.54, 1.807) is 0 Å². The van der Waals surface area contributed by atoms with Gasteiger partial charge in [0.05, 0.1) is 27.7 Å². The first kappa shape index (κ1) is 18.4. The monoisotopic (exact) mass is 369 g/mol. The lowest BCUT2D eigenvalue weighted by atomic mass is 9.95. The number of pyridine rings is 1. The first-order chi connectivity index (χ1) is 12.6. The number of hydrogen-bond donors (Lipinski definition) is 2. The molecule has 2 saturated carbocycles. The molecule has 2 aliphatic rings. The fourth-order valence-corrected chi connectivity index (χ4v) is 3.91. The molecule has 2 aromatic rings. The van der Waals surface area contributed by atoms with Crippen LogP contribution in [0.2, 0.25) is 0 Å². The Balaban J connectivity index is 1.83. The van der Waals surface area contributed by atoms with Gasteiger partial charge in [0.15, 0.2) is 5.65 Å². The third kappa shape index (κ3) is 3.24. The van der Waals surface area contributed by atoms with E-state index in [4.69, 9.17) is 15.8 Å². The molecule has 27 heavy (non-hydrogen) atoms. The van der Waals surface area contributed by atoms with E-state index in [0.29, 0.717) is 23.9 Å². The van der Waals surface area contributed by atoms with Gasteiger partial charge in [-0.1, -0.05) is 0 Å². The van der Waals surface area contributed by atoms with Gasteiger partial charge in [0, 0.05) is 18.2 Å². The van der Waals surface area contributed by atoms with Gasteiger partial charge in [0.1, 0.15) is 0 Å². The van der Waals surface area contributed by atoms with E-state index in [1.807, 2.05) is 17.7 Å². The molecule has 1 atom stereocenters. The number of nitrogens with two attached hydrogens (primary N) is 1. The topological polar surface area (TPSA) is 85.8 Å². The molecule has 3 N–H and O–H groups in total. The predicted octanol–water partition coefficient (Wildman–Crippen LogP) is 3.23. The SMILES string of the molecule is Cc1nn(C(C)(C)C)c2nc(C3CC3)cc(C(=O)NC(C)(CN)C3CC3)c12. The number of nitrogens with one attached hydrogen (secondary N) is 1. The first-order valence-corrected chi connectivity index (χ1v) is 10.1. The van der Waals surface area contributed by atoms with Crippen molar-refractivity contribution in [3.05, 3.63) is 23.0 Å². The average Bonchev–Trinajstić information content (AvgIpc) is 3.49. The standard InChI is InChI=1S/C21H31N5O/c1-12-17-15(19(27)24-21(5,11-22)14-8-9-14)10-16(13-6-7-13)23-18(17)26(25-12)20(2,3)4/h10,13-14H,6-9,11,22H2,1-5H3,(H,24,27). The fraction of sp³-hybridized carbons (Fsp3) is 0.667. The molecule has 6 heteroatoms. The Morgan fingerprint density at radius 1 is 1.26 bits per heavy atom. The minimum atomic E-state index is -0.347. The molecule has 0 aromatic carbocycles. The molecular weight excluding hydrogens is 338 g/mol. The van der Waals surface area contributed by atoms with Crippen molar-refractivity contribution in [3.8, 4) is 0 Å². The lowest BCUT2D eigenvalue weighted by molar-refractivity contribution is 0.0899. The zero-order valence-electron chi connectivity index (χ0n) is 17.1. The quantitative estimate of drug-likeness (QED) is 0.847. The van der Waals surface area contributed by atoms with Crippen LogP contribution in [0.15, 0.2) is 6.07 Å². The zero-order chi connectivity index (χ0) is 19.6. The highest BCUT2D eigenvalue weighted by molar-refractivity contribution is 6.07. The van der Waals surface area contributed by atoms with Crippen molar-refractivity contribution in [2.24, 2.45) is 11.7 Å². The second-order valence-corrected chi connectivity index (χ2v) is 9.59. The van der Waals surface area contributed by atoms with Gasteiger partial charge in [-0.3, -0.25) is 4.79 Å². The van der Waals surface area contributed by atoms with Crippen LogP contribution in [0.3, 0.4) is 0 Å². The van der Waals surface area contributed by atoms with Crippen LogP contribution in [0.1, 0.15) is 81.0 Å². The van der Waals surface area contributed by atoms with Crippen LogP contribution in [-0.4, -0.2) is 32.8 Å². The number of fused-ring (bicyclic) bond motifs is 1. The van der Waals surface area contributed by atoms with Gasteiger partial charge in [-0.25, -0.2) is 9.67 Å². The Kier molecular flexibility index (Phi) is 4.11. The smallest absolute Gasteiger partial charge is 0.252 e. The summed E-state index contributed by atoms with van der Waals surface area (Å²) in [6.07, 6.45) is 4.55. The number of hydrogen-bond acceptors (Lipinski definition) is 4. The van der Waals surface area contributed by atoms with E-state index >= 15 is 0 Å². The van der Waals surface area contributed by atoms with E-state index in [2.05, 4.69) is 33.0 Å². The largest absolute Gasteiger partial charge is 0.345 e. The molecule has 146 valence electrons. The molecule has 0 bridgehead atoms. The van der Waals surface area contributed by atoms with Crippen molar-refractivity contribution >= 4 is 16.9 Å². The van der Waals surface area contributed by atoms with Gasteiger partial charge < -0.3 is 11.1 Å². The summed E-state index contributed by atoms with van der Waals surface area (Å²) in [4.78, 5) is 18.3. The van der Waals surface area contributed by atoms with Crippen LogP contribution >= 0.6 is 0 Å². The molecule has 2 aromatic heterocycles. The molecule has 1 unspecified atom stereocenters. The maximum atomic E-state index is 13.3. The third-order valence-electron chi connectivity index (χ3n) is 6.01. The Hall–Kier alpha value is -1.95. The number of nitrogens with zero attached hydrogens (tertiary/aromatic N) is 3. The summed E-state index contributed by atoms with van der Waals surface area (Å²) in [6.45, 7) is 10.8. The highest BCUT2D eigenvalue weighted by Gasteiger charge is 2.42. The molecule has 0 aliphatic heterocycles. The number of carbonyl (C=O) groups is 1. The van der Waals surface area contributed by atoms with E-state index in [-0.39, 0.29) is 17.0 Å². The van der Waals surface area contributed by atoms with Gasteiger partial charge in [0.25, 0.3) is 5.91 Å². The summed E-state index contributed by atoms with van der Waals surface area (Å²) in [5.74, 6) is 0.889. The van der Waals surface area contributed by atoms with Gasteiger partial charge in [-0.2, -0.15) is 5.10 Å². The van der Waals surface area contributed by atoms with E-state index in [9.17, 15) is 4.79 Å². The molecule has 4 rings (SSSR count). The Labute approximate surface area is 160 Å². The van der Waals surface area contributed by atoms with Crippen LogP contribution in [0.5, 0.6) is 0 Å². The second kappa shape index (κ2) is 6.03. The number of aromatic nitrogens is 3. The molecule has 0 spiro atoms. The molecule has 6 nitrogen and oxygen atoms in total. The lowest BCUT2D eigenvalue weighted by Gasteiger charge is -2.29. The molecular formula is C21H31N5O. The average molecular weight is 370 g/mol. The summed E-state index contributed by atoms with van der Waals surface area (Å²) in [5, 5.41) is 8.85. The Bertz CT molecular complexity index is 901. The van der Waals surface area contributed by atoms with E-state index in [1.165, 1.54) is 0 Å². The summed E-state index contributed by atoms with van der Waals surface area (Å²) < 4.78 is 1.96. The van der Waals surface area contributed by atoms with Crippen molar-refractivity contribution in [2.45, 2.75) is 77.3 Å². The summed E-state index contributed by atoms with van der Waals surface area (Å²) >= 11 is 0. The van der Waals surface area contributed by atoms with Crippen molar-refractivity contribution < 1.29 is 4.79 Å². The number of aryl methyl sites for hydroxylation is 1. The van der Waals surface area contributed by atoms with Crippen LogP contribution in [-0.2, 0) is 5.54 Å². The van der Waals surface area contributed by atoms with Crippen LogP contribution in [0.25, 0.3) is 11.0 Å². The minimum absolute atomic E-state index is 0.0549. The molecule has 2 aliphatic carbocycles. The summed E-state index contributed by atoms with van der Waals surface area (Å²) in [5.41, 5.74) is 8.84. The maximum Gasteiger partial charge on any atom is 0.252 e. The highest BCUT2D eigenvalue weighted by Crippen LogP contribution is 2.42. The first-order valence-electron chi connectivity index (χ1n) is 10.1. The van der Waals surface area contributed by atoms with Crippen molar-refractivity contribution in [3.63, 3.8) is 0 Å². The van der Waals surface area contributed by atoms with Gasteiger partial charge in [-0.15, -0.1) is 0 Å². The molecule has 0 saturated heterocycles. The van der Waals surface area contributed by atoms with Gasteiger partial charge in [-0.05, 0) is 72.3 Å². The van der Waals surface area contributed by atoms with Gasteiger partial charge in [0.2, 0.25) is 0 Å². The highest BCUT2D eigenvalue weighted by atomic mass is 16.1. The lowest BCUT2D eigenvalue weighted by Crippen LogP contribution is -2.53. The second-order valence-electron chi connectivity index (χ2n) is 9.59. The van der Waals surface area contributed by atoms with Crippen LogP contribution in [0.4, 0.5) is 0 Å². The van der Waals surface area contributed by atoms with E-state index in [0.717, 1.165) is 48.1 Å². The van der Waals surface area contributed by atoms with Crippen molar-refractivity contribution in [1.82, 2.24) is 20.1 Å². The fourth-order valence-electron chi connectivity index (χ4n) is 3.91. The number of amides is 1. The van der Waals surface area contributed by atoms with Crippen molar-refractivity contribution in [1.29, 1.82) is 0 Å². The predicted molar refractivity (Wildman–Crippen MR) is 107 cm³/mol. The number of rotatable bonds is 5. The van der Waals surface area contributed by atoms with E-state index < -0.39 is 0 Å². The third-order valence-corrected chi connectivity index (χ3v) is 6.01.